The van der Waals surface area contributed by atoms with E-state index in [1.807, 2.05) is 6.92 Å². The maximum atomic E-state index is 13.5. The Bertz CT molecular complexity index is 1300. The molecule has 202 valence electrons. The predicted molar refractivity (Wildman–Crippen MR) is 149 cm³/mol. The van der Waals surface area contributed by atoms with E-state index in [2.05, 4.69) is 34.1 Å². The number of hydrogen-bond acceptors (Lipinski definition) is 7. The molecule has 1 aromatic carbocycles. The first kappa shape index (κ1) is 24.7. The van der Waals surface area contributed by atoms with Crippen molar-refractivity contribution in [2.75, 3.05) is 44.2 Å². The molecule has 7 rings (SSSR count). The first-order valence-corrected chi connectivity index (χ1v) is 15.4. The number of imide groups is 1. The number of aliphatic hydroxyl groups is 1. The number of piperazine rings is 1. The third kappa shape index (κ3) is 3.86. The molecule has 2 aliphatic heterocycles. The minimum Gasteiger partial charge on any atom is -0.389 e. The third-order valence-corrected chi connectivity index (χ3v) is 11.2. The Morgan fingerprint density at radius 1 is 1.05 bits per heavy atom. The van der Waals surface area contributed by atoms with Gasteiger partial charge < -0.3 is 10.0 Å². The van der Waals surface area contributed by atoms with Gasteiger partial charge in [0.2, 0.25) is 5.91 Å². The van der Waals surface area contributed by atoms with Crippen LogP contribution in [0.15, 0.2) is 35.4 Å². The van der Waals surface area contributed by atoms with Crippen molar-refractivity contribution >= 4 is 39.3 Å². The average molecular weight is 535 g/mol. The van der Waals surface area contributed by atoms with E-state index in [0.717, 1.165) is 62.5 Å². The van der Waals surface area contributed by atoms with Crippen molar-refractivity contribution in [3.8, 4) is 0 Å². The van der Waals surface area contributed by atoms with Crippen molar-refractivity contribution < 1.29 is 14.7 Å². The van der Waals surface area contributed by atoms with E-state index in [0.29, 0.717) is 31.2 Å². The van der Waals surface area contributed by atoms with Crippen molar-refractivity contribution in [3.05, 3.63) is 35.4 Å². The zero-order chi connectivity index (χ0) is 26.0. The molecular formula is C30H38N4O3S. The fraction of sp³-hybridized carbons (Fsp3) is 0.633. The van der Waals surface area contributed by atoms with Gasteiger partial charge in [0.05, 0.1) is 16.2 Å². The number of likely N-dealkylation sites (tertiary alicyclic amines) is 1. The normalized spacial score (nSPS) is 33.7. The number of carbonyl (C=O) groups excluding carboxylic acids is 2. The van der Waals surface area contributed by atoms with Gasteiger partial charge in [-0.3, -0.25) is 19.4 Å². The van der Waals surface area contributed by atoms with Crippen LogP contribution >= 0.6 is 11.5 Å². The van der Waals surface area contributed by atoms with Gasteiger partial charge in [0.25, 0.3) is 5.91 Å². The molecule has 3 heterocycles. The number of amides is 2. The Hall–Kier alpha value is -2.29. The summed E-state index contributed by atoms with van der Waals surface area (Å²) >= 11 is 1.58. The summed E-state index contributed by atoms with van der Waals surface area (Å²) in [5, 5.41) is 12.3. The van der Waals surface area contributed by atoms with Crippen molar-refractivity contribution in [1.82, 2.24) is 14.2 Å². The Balaban J connectivity index is 1.00. The van der Waals surface area contributed by atoms with Crippen LogP contribution in [-0.4, -0.2) is 76.0 Å². The SMILES string of the molecule is CC[C@@]1(O)CC2=C3C(=O)N(C[C@@H]4CCCC[C@H]4CN4CCN(c5nsc6ccccc56)CC4)C(=O)[C@H]3[C@@H]1C2. The quantitative estimate of drug-likeness (QED) is 0.563. The molecule has 1 aromatic heterocycles. The second kappa shape index (κ2) is 9.42. The molecule has 3 aliphatic carbocycles. The fourth-order valence-corrected chi connectivity index (χ4v) is 9.01. The van der Waals surface area contributed by atoms with Crippen LogP contribution in [0.1, 0.15) is 51.9 Å². The minimum atomic E-state index is -0.810. The highest BCUT2D eigenvalue weighted by Gasteiger charge is 2.62. The summed E-state index contributed by atoms with van der Waals surface area (Å²) in [4.78, 5) is 33.6. The Labute approximate surface area is 228 Å². The Morgan fingerprint density at radius 2 is 1.79 bits per heavy atom. The van der Waals surface area contributed by atoms with Gasteiger partial charge in [0.1, 0.15) is 5.82 Å². The number of aromatic nitrogens is 1. The standard InChI is InChI=1S/C30H38N4O3S/c1-2-30(37)16-21-15-23(30)26-25(21)28(35)34(29(26)36)18-20-8-4-3-7-19(20)17-32-11-13-33(14-12-32)27-22-9-5-6-10-24(22)38-31-27/h5-6,9-10,19-20,23,26,37H,2-4,7-8,11-18H2,1H3/t19-,20-,23-,26-,30+/m0/s1. The summed E-state index contributed by atoms with van der Waals surface area (Å²) in [7, 11) is 0. The molecule has 38 heavy (non-hydrogen) atoms. The van der Waals surface area contributed by atoms with Crippen LogP contribution in [0.25, 0.3) is 10.1 Å². The predicted octanol–water partition coefficient (Wildman–Crippen LogP) is 4.07. The van der Waals surface area contributed by atoms with Gasteiger partial charge in [-0.05, 0) is 67.6 Å². The van der Waals surface area contributed by atoms with Crippen molar-refractivity contribution in [1.29, 1.82) is 0 Å². The molecule has 0 radical (unpaired) electrons. The molecule has 2 aromatic rings. The molecule has 4 fully saturated rings. The number of anilines is 1. The fourth-order valence-electron chi connectivity index (χ4n) is 8.21. The molecule has 8 heteroatoms. The summed E-state index contributed by atoms with van der Waals surface area (Å²) in [5.74, 6) is 1.41. The van der Waals surface area contributed by atoms with E-state index in [4.69, 9.17) is 4.37 Å². The number of hydrogen-bond donors (Lipinski definition) is 1. The molecule has 2 bridgehead atoms. The molecule has 2 saturated carbocycles. The lowest BCUT2D eigenvalue weighted by Crippen LogP contribution is -2.49. The van der Waals surface area contributed by atoms with E-state index in [9.17, 15) is 14.7 Å². The zero-order valence-electron chi connectivity index (χ0n) is 22.3. The third-order valence-electron chi connectivity index (χ3n) is 10.4. The van der Waals surface area contributed by atoms with Crippen LogP contribution in [-0.2, 0) is 9.59 Å². The van der Waals surface area contributed by atoms with Crippen LogP contribution in [0.4, 0.5) is 5.82 Å². The molecule has 0 unspecified atom stereocenters. The second-order valence-corrected chi connectivity index (χ2v) is 13.1. The highest BCUT2D eigenvalue weighted by atomic mass is 32.1. The number of fused-ring (bicyclic) bond motifs is 5. The van der Waals surface area contributed by atoms with Crippen LogP contribution in [0.2, 0.25) is 0 Å². The largest absolute Gasteiger partial charge is 0.389 e. The molecule has 2 amide bonds. The Morgan fingerprint density at radius 3 is 2.55 bits per heavy atom. The van der Waals surface area contributed by atoms with E-state index < -0.39 is 11.5 Å². The summed E-state index contributed by atoms with van der Waals surface area (Å²) < 4.78 is 6.00. The van der Waals surface area contributed by atoms with Gasteiger partial charge in [-0.25, -0.2) is 0 Å². The molecular weight excluding hydrogens is 496 g/mol. The molecule has 1 N–H and O–H groups in total. The number of carbonyl (C=O) groups is 2. The maximum Gasteiger partial charge on any atom is 0.257 e. The summed E-state index contributed by atoms with van der Waals surface area (Å²) in [6.45, 7) is 7.59. The topological polar surface area (TPSA) is 77.0 Å². The first-order valence-electron chi connectivity index (χ1n) is 14.6. The van der Waals surface area contributed by atoms with Gasteiger partial charge in [-0.1, -0.05) is 37.5 Å². The van der Waals surface area contributed by atoms with Crippen LogP contribution in [0.3, 0.4) is 0 Å². The summed E-state index contributed by atoms with van der Waals surface area (Å²) in [6, 6.07) is 8.48. The highest BCUT2D eigenvalue weighted by molar-refractivity contribution is 7.13. The number of rotatable bonds is 6. The monoisotopic (exact) mass is 534 g/mol. The highest BCUT2D eigenvalue weighted by Crippen LogP contribution is 2.58. The van der Waals surface area contributed by atoms with E-state index in [1.165, 1.54) is 29.3 Å². The van der Waals surface area contributed by atoms with Crippen molar-refractivity contribution in [2.45, 2.75) is 57.5 Å². The maximum absolute atomic E-state index is 13.5. The second-order valence-electron chi connectivity index (χ2n) is 12.3. The summed E-state index contributed by atoms with van der Waals surface area (Å²) in [5.41, 5.74) is 0.989. The van der Waals surface area contributed by atoms with Crippen LogP contribution in [0.5, 0.6) is 0 Å². The first-order chi connectivity index (χ1) is 18.5. The van der Waals surface area contributed by atoms with Crippen molar-refractivity contribution in [2.24, 2.45) is 23.7 Å². The minimum absolute atomic E-state index is 0.0370. The Kier molecular flexibility index (Phi) is 6.13. The zero-order valence-corrected chi connectivity index (χ0v) is 23.1. The van der Waals surface area contributed by atoms with Crippen LogP contribution in [0, 0.1) is 23.7 Å². The number of nitrogens with zero attached hydrogens (tertiary/aromatic N) is 4. The lowest BCUT2D eigenvalue weighted by atomic mass is 9.75. The van der Waals surface area contributed by atoms with Crippen molar-refractivity contribution in [3.63, 3.8) is 0 Å². The van der Waals surface area contributed by atoms with Gasteiger partial charge in [0.15, 0.2) is 0 Å². The smallest absolute Gasteiger partial charge is 0.257 e. The molecule has 5 aliphatic rings. The lowest BCUT2D eigenvalue weighted by molar-refractivity contribution is -0.142. The van der Waals surface area contributed by atoms with E-state index in [-0.39, 0.29) is 17.7 Å². The van der Waals surface area contributed by atoms with Gasteiger partial charge >= 0.3 is 0 Å². The average Bonchev–Trinajstić information content (AvgIpc) is 3.68. The lowest BCUT2D eigenvalue weighted by Gasteiger charge is -2.40. The van der Waals surface area contributed by atoms with E-state index in [1.54, 1.807) is 16.4 Å². The van der Waals surface area contributed by atoms with Gasteiger partial charge in [-0.15, -0.1) is 0 Å². The van der Waals surface area contributed by atoms with Gasteiger partial charge in [0, 0.05) is 56.1 Å². The van der Waals surface area contributed by atoms with Crippen LogP contribution < -0.4 is 4.90 Å². The molecule has 5 atom stereocenters. The van der Waals surface area contributed by atoms with Gasteiger partial charge in [-0.2, -0.15) is 4.37 Å². The molecule has 7 nitrogen and oxygen atoms in total. The summed E-state index contributed by atoms with van der Waals surface area (Å²) in [6.07, 6.45) is 6.61. The number of benzene rings is 1. The molecule has 2 saturated heterocycles. The molecule has 0 spiro atoms. The van der Waals surface area contributed by atoms with E-state index >= 15 is 0 Å².